The van der Waals surface area contributed by atoms with Crippen LogP contribution < -0.4 is 5.32 Å². The molecule has 0 aromatic rings. The minimum Gasteiger partial charge on any atom is -0.340 e. The van der Waals surface area contributed by atoms with Gasteiger partial charge in [0.1, 0.15) is 6.04 Å². The quantitative estimate of drug-likeness (QED) is 0.770. The van der Waals surface area contributed by atoms with Crippen molar-refractivity contribution in [2.24, 2.45) is 11.8 Å². The average molecular weight is 236 g/mol. The summed E-state index contributed by atoms with van der Waals surface area (Å²) in [6.07, 6.45) is 7.51. The molecule has 0 spiro atoms. The molecule has 1 N–H and O–H groups in total. The fraction of sp³-hybridized carbons (Fsp3) is 0.857. The maximum atomic E-state index is 11.7. The number of hydrogen-bond donors (Lipinski definition) is 1. The molecule has 1 aliphatic carbocycles. The normalized spacial score (nSPS) is 18.0. The fourth-order valence-corrected chi connectivity index (χ4v) is 2.52. The number of amides is 1. The summed E-state index contributed by atoms with van der Waals surface area (Å²) >= 11 is 0. The van der Waals surface area contributed by atoms with E-state index in [0.717, 1.165) is 18.8 Å². The molecule has 17 heavy (non-hydrogen) atoms. The Morgan fingerprint density at radius 2 is 2.06 bits per heavy atom. The van der Waals surface area contributed by atoms with Crippen molar-refractivity contribution < 1.29 is 4.79 Å². The topological polar surface area (TPSA) is 52.9 Å². The van der Waals surface area contributed by atoms with E-state index in [4.69, 9.17) is 5.26 Å². The van der Waals surface area contributed by atoms with Crippen LogP contribution in [0.2, 0.25) is 0 Å². The molecule has 1 aliphatic rings. The van der Waals surface area contributed by atoms with Crippen LogP contribution in [0.4, 0.5) is 0 Å². The zero-order valence-electron chi connectivity index (χ0n) is 11.0. The van der Waals surface area contributed by atoms with Crippen LogP contribution in [0.25, 0.3) is 0 Å². The van der Waals surface area contributed by atoms with Crippen molar-refractivity contribution in [2.45, 2.75) is 64.8 Å². The SMILES string of the molecule is CC(C)C[C@H](C#N)NC(=O)CCC1CCCC1. The molecule has 0 aliphatic heterocycles. The van der Waals surface area contributed by atoms with E-state index in [0.29, 0.717) is 12.3 Å². The standard InChI is InChI=1S/C14H24N2O/c1-11(2)9-13(10-15)16-14(17)8-7-12-5-3-4-6-12/h11-13H,3-9H2,1-2H3,(H,16,17)/t13-/m1/s1. The van der Waals surface area contributed by atoms with E-state index in [1.165, 1.54) is 25.7 Å². The highest BCUT2D eigenvalue weighted by molar-refractivity contribution is 5.76. The second-order valence-corrected chi connectivity index (χ2v) is 5.57. The highest BCUT2D eigenvalue weighted by Gasteiger charge is 2.18. The van der Waals surface area contributed by atoms with Gasteiger partial charge in [0, 0.05) is 6.42 Å². The van der Waals surface area contributed by atoms with Crippen LogP contribution in [0.3, 0.4) is 0 Å². The lowest BCUT2D eigenvalue weighted by Gasteiger charge is -2.14. The molecule has 3 heteroatoms. The first-order chi connectivity index (χ1) is 8.11. The molecule has 1 fully saturated rings. The van der Waals surface area contributed by atoms with Crippen LogP contribution in [-0.4, -0.2) is 11.9 Å². The summed E-state index contributed by atoms with van der Waals surface area (Å²) in [5.74, 6) is 1.23. The zero-order chi connectivity index (χ0) is 12.7. The summed E-state index contributed by atoms with van der Waals surface area (Å²) < 4.78 is 0. The first kappa shape index (κ1) is 14.0. The fourth-order valence-electron chi connectivity index (χ4n) is 2.52. The van der Waals surface area contributed by atoms with Gasteiger partial charge < -0.3 is 5.32 Å². The highest BCUT2D eigenvalue weighted by atomic mass is 16.1. The van der Waals surface area contributed by atoms with Gasteiger partial charge in [-0.3, -0.25) is 4.79 Å². The lowest BCUT2D eigenvalue weighted by atomic mass is 10.0. The number of carbonyl (C=O) groups excluding carboxylic acids is 1. The molecule has 0 aromatic heterocycles. The largest absolute Gasteiger partial charge is 0.340 e. The number of nitriles is 1. The minimum absolute atomic E-state index is 0.0455. The van der Waals surface area contributed by atoms with Crippen LogP contribution in [0.15, 0.2) is 0 Å². The van der Waals surface area contributed by atoms with Crippen molar-refractivity contribution in [3.8, 4) is 6.07 Å². The first-order valence-electron chi connectivity index (χ1n) is 6.80. The molecule has 0 aromatic carbocycles. The van der Waals surface area contributed by atoms with Crippen molar-refractivity contribution in [1.29, 1.82) is 5.26 Å². The summed E-state index contributed by atoms with van der Waals surface area (Å²) in [4.78, 5) is 11.7. The number of rotatable bonds is 6. The average Bonchev–Trinajstić information content (AvgIpc) is 2.77. The van der Waals surface area contributed by atoms with Crippen LogP contribution in [0.1, 0.15) is 58.8 Å². The van der Waals surface area contributed by atoms with E-state index >= 15 is 0 Å². The smallest absolute Gasteiger partial charge is 0.221 e. The molecule has 1 amide bonds. The molecule has 1 rings (SSSR count). The van der Waals surface area contributed by atoms with Gasteiger partial charge in [0.25, 0.3) is 0 Å². The molecular formula is C14H24N2O. The van der Waals surface area contributed by atoms with Crippen molar-refractivity contribution in [3.05, 3.63) is 0 Å². The molecule has 3 nitrogen and oxygen atoms in total. The third-order valence-corrected chi connectivity index (χ3v) is 3.45. The van der Waals surface area contributed by atoms with E-state index in [-0.39, 0.29) is 11.9 Å². The maximum Gasteiger partial charge on any atom is 0.221 e. The number of nitrogens with one attached hydrogen (secondary N) is 1. The summed E-state index contributed by atoms with van der Waals surface area (Å²) in [5, 5.41) is 11.8. The van der Waals surface area contributed by atoms with Crippen molar-refractivity contribution in [1.82, 2.24) is 5.32 Å². The van der Waals surface area contributed by atoms with Crippen LogP contribution in [0, 0.1) is 23.2 Å². The Hall–Kier alpha value is -1.04. The van der Waals surface area contributed by atoms with Gasteiger partial charge in [-0.05, 0) is 24.7 Å². The van der Waals surface area contributed by atoms with Crippen molar-refractivity contribution in [3.63, 3.8) is 0 Å². The van der Waals surface area contributed by atoms with Gasteiger partial charge in [0.05, 0.1) is 6.07 Å². The molecule has 0 bridgehead atoms. The van der Waals surface area contributed by atoms with E-state index in [1.807, 2.05) is 0 Å². The Morgan fingerprint density at radius 3 is 2.59 bits per heavy atom. The summed E-state index contributed by atoms with van der Waals surface area (Å²) in [7, 11) is 0. The number of carbonyl (C=O) groups is 1. The summed E-state index contributed by atoms with van der Waals surface area (Å²) in [6, 6.07) is 1.85. The molecule has 1 atom stereocenters. The van der Waals surface area contributed by atoms with E-state index < -0.39 is 0 Å². The minimum atomic E-state index is -0.314. The Morgan fingerprint density at radius 1 is 1.41 bits per heavy atom. The van der Waals surface area contributed by atoms with Gasteiger partial charge in [-0.25, -0.2) is 0 Å². The molecule has 0 saturated heterocycles. The van der Waals surface area contributed by atoms with Crippen molar-refractivity contribution >= 4 is 5.91 Å². The van der Waals surface area contributed by atoms with Crippen LogP contribution in [0.5, 0.6) is 0 Å². The number of nitrogens with zero attached hydrogens (tertiary/aromatic N) is 1. The van der Waals surface area contributed by atoms with Crippen LogP contribution >= 0.6 is 0 Å². The predicted molar refractivity (Wildman–Crippen MR) is 68.2 cm³/mol. The van der Waals surface area contributed by atoms with Crippen LogP contribution in [-0.2, 0) is 4.79 Å². The Kier molecular flexibility index (Phi) is 6.04. The zero-order valence-corrected chi connectivity index (χ0v) is 11.0. The Balaban J connectivity index is 2.20. The number of hydrogen-bond acceptors (Lipinski definition) is 2. The van der Waals surface area contributed by atoms with Gasteiger partial charge >= 0.3 is 0 Å². The molecule has 0 unspecified atom stereocenters. The predicted octanol–water partition coefficient (Wildman–Crippen LogP) is 3.01. The second kappa shape index (κ2) is 7.32. The van der Waals surface area contributed by atoms with Gasteiger partial charge in [0.15, 0.2) is 0 Å². The molecule has 0 radical (unpaired) electrons. The van der Waals surface area contributed by atoms with E-state index in [2.05, 4.69) is 25.2 Å². The van der Waals surface area contributed by atoms with Gasteiger partial charge in [0.2, 0.25) is 5.91 Å². The van der Waals surface area contributed by atoms with Gasteiger partial charge in [-0.15, -0.1) is 0 Å². The monoisotopic (exact) mass is 236 g/mol. The Labute approximate surface area is 105 Å². The summed E-state index contributed by atoms with van der Waals surface area (Å²) in [5.41, 5.74) is 0. The lowest BCUT2D eigenvalue weighted by molar-refractivity contribution is -0.121. The highest BCUT2D eigenvalue weighted by Crippen LogP contribution is 2.28. The summed E-state index contributed by atoms with van der Waals surface area (Å²) in [6.45, 7) is 4.13. The molecular weight excluding hydrogens is 212 g/mol. The van der Waals surface area contributed by atoms with Gasteiger partial charge in [-0.1, -0.05) is 39.5 Å². The first-order valence-corrected chi connectivity index (χ1v) is 6.80. The maximum absolute atomic E-state index is 11.7. The second-order valence-electron chi connectivity index (χ2n) is 5.57. The molecule has 0 heterocycles. The van der Waals surface area contributed by atoms with Crippen molar-refractivity contribution in [2.75, 3.05) is 0 Å². The Bertz CT molecular complexity index is 274. The van der Waals surface area contributed by atoms with Gasteiger partial charge in [-0.2, -0.15) is 5.26 Å². The third kappa shape index (κ3) is 5.72. The molecule has 1 saturated carbocycles. The van der Waals surface area contributed by atoms with E-state index in [1.54, 1.807) is 0 Å². The lowest BCUT2D eigenvalue weighted by Crippen LogP contribution is -2.34. The van der Waals surface area contributed by atoms with E-state index in [9.17, 15) is 4.79 Å². The molecule has 96 valence electrons. The third-order valence-electron chi connectivity index (χ3n) is 3.45.